The zero-order chi connectivity index (χ0) is 24.2. The quantitative estimate of drug-likeness (QED) is 0.294. The van der Waals surface area contributed by atoms with Crippen LogP contribution in [0.15, 0.2) is 48.5 Å². The summed E-state index contributed by atoms with van der Waals surface area (Å²) in [6.07, 6.45) is 4.96. The molecular weight excluding hydrogens is 436 g/mol. The number of ether oxygens (including phenoxy) is 3. The predicted octanol–water partition coefficient (Wildman–Crippen LogP) is 2.72. The van der Waals surface area contributed by atoms with Gasteiger partial charge in [-0.05, 0) is 67.8 Å². The lowest BCUT2D eigenvalue weighted by Gasteiger charge is -2.16. The zero-order valence-electron chi connectivity index (χ0n) is 19.5. The lowest BCUT2D eigenvalue weighted by atomic mass is 9.95. The van der Waals surface area contributed by atoms with Gasteiger partial charge in [-0.1, -0.05) is 25.0 Å². The van der Waals surface area contributed by atoms with Crippen molar-refractivity contribution in [3.63, 3.8) is 0 Å². The van der Waals surface area contributed by atoms with Gasteiger partial charge in [0, 0.05) is 6.54 Å². The number of rotatable bonds is 15. The van der Waals surface area contributed by atoms with Crippen LogP contribution in [0.3, 0.4) is 0 Å². The molecule has 0 radical (unpaired) electrons. The summed E-state index contributed by atoms with van der Waals surface area (Å²) in [7, 11) is 0. The third-order valence-corrected chi connectivity index (χ3v) is 5.88. The second-order valence-corrected chi connectivity index (χ2v) is 8.60. The fraction of sp³-hybridized carbons (Fsp3) is 0.500. The lowest BCUT2D eigenvalue weighted by Crippen LogP contribution is -2.33. The lowest BCUT2D eigenvalue weighted by molar-refractivity contribution is -0.119. The van der Waals surface area contributed by atoms with Crippen molar-refractivity contribution in [2.45, 2.75) is 50.2 Å². The highest BCUT2D eigenvalue weighted by Crippen LogP contribution is 2.23. The van der Waals surface area contributed by atoms with Crippen molar-refractivity contribution in [2.75, 3.05) is 32.9 Å². The number of amides is 1. The molecule has 34 heavy (non-hydrogen) atoms. The van der Waals surface area contributed by atoms with E-state index in [1.807, 2.05) is 12.1 Å². The molecule has 3 rings (SSSR count). The van der Waals surface area contributed by atoms with Gasteiger partial charge in [0.1, 0.15) is 36.6 Å². The second-order valence-electron chi connectivity index (χ2n) is 8.60. The molecule has 0 aromatic heterocycles. The highest BCUT2D eigenvalue weighted by Gasteiger charge is 2.18. The number of aliphatic hydroxyl groups is 1. The number of nitrogens with two attached hydrogens (primary N) is 1. The summed E-state index contributed by atoms with van der Waals surface area (Å²) in [6, 6.07) is 13.8. The van der Waals surface area contributed by atoms with Gasteiger partial charge in [0.15, 0.2) is 0 Å². The molecule has 8 nitrogen and oxygen atoms in total. The normalized spacial score (nSPS) is 15.7. The van der Waals surface area contributed by atoms with Gasteiger partial charge in [0.2, 0.25) is 5.91 Å². The standard InChI is InChI=1S/C26H36N2O6/c27-26(31)25(19-4-3-5-20(29)16-19)12-13-28-17-21(30)18-34-24-10-8-23(9-11-24)33-15-14-32-22-6-1-2-7-22/h3-5,8-11,16,21-22,25,28-30H,1-2,6-7,12-15,17-18H2,(H2,27,31). The molecule has 0 saturated heterocycles. The minimum Gasteiger partial charge on any atom is -0.508 e. The Labute approximate surface area is 201 Å². The van der Waals surface area contributed by atoms with E-state index in [1.165, 1.54) is 12.8 Å². The van der Waals surface area contributed by atoms with E-state index in [2.05, 4.69) is 5.32 Å². The molecule has 0 heterocycles. The molecule has 2 atom stereocenters. The summed E-state index contributed by atoms with van der Waals surface area (Å²) in [5.41, 5.74) is 6.18. The Bertz CT molecular complexity index is 870. The van der Waals surface area contributed by atoms with Crippen molar-refractivity contribution in [1.82, 2.24) is 5.32 Å². The maximum atomic E-state index is 11.8. The summed E-state index contributed by atoms with van der Waals surface area (Å²) in [5, 5.41) is 22.9. The van der Waals surface area contributed by atoms with Crippen LogP contribution >= 0.6 is 0 Å². The van der Waals surface area contributed by atoms with Crippen molar-refractivity contribution in [3.05, 3.63) is 54.1 Å². The molecule has 0 spiro atoms. The summed E-state index contributed by atoms with van der Waals surface area (Å²) < 4.78 is 17.1. The number of hydrogen-bond acceptors (Lipinski definition) is 7. The molecule has 2 aromatic rings. The predicted molar refractivity (Wildman–Crippen MR) is 129 cm³/mol. The van der Waals surface area contributed by atoms with Gasteiger partial charge in [-0.15, -0.1) is 0 Å². The smallest absolute Gasteiger partial charge is 0.225 e. The van der Waals surface area contributed by atoms with Gasteiger partial charge in [0.05, 0.1) is 18.6 Å². The molecule has 2 unspecified atom stereocenters. The molecule has 0 aliphatic heterocycles. The van der Waals surface area contributed by atoms with Crippen LogP contribution in [0.5, 0.6) is 17.2 Å². The molecule has 1 saturated carbocycles. The van der Waals surface area contributed by atoms with E-state index in [0.717, 1.165) is 18.6 Å². The number of carbonyl (C=O) groups is 1. The summed E-state index contributed by atoms with van der Waals surface area (Å²) >= 11 is 0. The number of phenolic OH excluding ortho intramolecular Hbond substituents is 1. The molecule has 1 aliphatic rings. The third kappa shape index (κ3) is 8.85. The number of aliphatic hydroxyl groups excluding tert-OH is 1. The Morgan fingerprint density at radius 3 is 2.44 bits per heavy atom. The average molecular weight is 473 g/mol. The number of benzene rings is 2. The van der Waals surface area contributed by atoms with Gasteiger partial charge in [-0.3, -0.25) is 4.79 Å². The van der Waals surface area contributed by atoms with Crippen LogP contribution in [0.4, 0.5) is 0 Å². The first-order valence-electron chi connectivity index (χ1n) is 12.0. The Balaban J connectivity index is 1.29. The molecule has 1 amide bonds. The Morgan fingerprint density at radius 2 is 1.76 bits per heavy atom. The largest absolute Gasteiger partial charge is 0.508 e. The van der Waals surface area contributed by atoms with Crippen LogP contribution in [-0.4, -0.2) is 61.2 Å². The van der Waals surface area contributed by atoms with E-state index in [4.69, 9.17) is 19.9 Å². The van der Waals surface area contributed by atoms with Crippen molar-refractivity contribution in [3.8, 4) is 17.2 Å². The highest BCUT2D eigenvalue weighted by molar-refractivity contribution is 5.82. The van der Waals surface area contributed by atoms with E-state index >= 15 is 0 Å². The monoisotopic (exact) mass is 472 g/mol. The SMILES string of the molecule is NC(=O)C(CCNCC(O)COc1ccc(OCCOC2CCCC2)cc1)c1cccc(O)c1. The van der Waals surface area contributed by atoms with E-state index in [9.17, 15) is 15.0 Å². The van der Waals surface area contributed by atoms with Gasteiger partial charge < -0.3 is 35.5 Å². The van der Waals surface area contributed by atoms with Gasteiger partial charge in [0.25, 0.3) is 0 Å². The Kier molecular flexibility index (Phi) is 10.5. The van der Waals surface area contributed by atoms with Crippen LogP contribution in [-0.2, 0) is 9.53 Å². The maximum absolute atomic E-state index is 11.8. The number of phenols is 1. The fourth-order valence-corrected chi connectivity index (χ4v) is 4.04. The number of hydrogen-bond donors (Lipinski definition) is 4. The van der Waals surface area contributed by atoms with Gasteiger partial charge >= 0.3 is 0 Å². The molecular formula is C26H36N2O6. The van der Waals surface area contributed by atoms with E-state index in [1.54, 1.807) is 36.4 Å². The van der Waals surface area contributed by atoms with Crippen molar-refractivity contribution in [2.24, 2.45) is 5.73 Å². The number of aromatic hydroxyl groups is 1. The van der Waals surface area contributed by atoms with E-state index in [0.29, 0.717) is 50.1 Å². The second kappa shape index (κ2) is 13.8. The molecule has 8 heteroatoms. The van der Waals surface area contributed by atoms with E-state index < -0.39 is 17.9 Å². The third-order valence-electron chi connectivity index (χ3n) is 5.88. The average Bonchev–Trinajstić information content (AvgIpc) is 3.34. The van der Waals surface area contributed by atoms with Crippen LogP contribution in [0.25, 0.3) is 0 Å². The minimum atomic E-state index is -0.712. The molecule has 1 aliphatic carbocycles. The molecule has 186 valence electrons. The first-order chi connectivity index (χ1) is 16.5. The van der Waals surface area contributed by atoms with Crippen molar-refractivity contribution in [1.29, 1.82) is 0 Å². The number of carbonyl (C=O) groups excluding carboxylic acids is 1. The fourth-order valence-electron chi connectivity index (χ4n) is 4.04. The van der Waals surface area contributed by atoms with Crippen LogP contribution < -0.4 is 20.5 Å². The molecule has 2 aromatic carbocycles. The van der Waals surface area contributed by atoms with Crippen LogP contribution in [0, 0.1) is 0 Å². The molecule has 1 fully saturated rings. The zero-order valence-corrected chi connectivity index (χ0v) is 19.5. The minimum absolute atomic E-state index is 0.0946. The summed E-state index contributed by atoms with van der Waals surface area (Å²) in [5.74, 6) is 0.525. The summed E-state index contributed by atoms with van der Waals surface area (Å²) in [4.78, 5) is 11.8. The maximum Gasteiger partial charge on any atom is 0.225 e. The first-order valence-corrected chi connectivity index (χ1v) is 12.0. The number of primary amides is 1. The summed E-state index contributed by atoms with van der Waals surface area (Å²) in [6.45, 7) is 2.04. The molecule has 0 bridgehead atoms. The number of nitrogens with one attached hydrogen (secondary N) is 1. The van der Waals surface area contributed by atoms with Gasteiger partial charge in [-0.2, -0.15) is 0 Å². The van der Waals surface area contributed by atoms with E-state index in [-0.39, 0.29) is 12.4 Å². The topological polar surface area (TPSA) is 123 Å². The first kappa shape index (κ1) is 25.8. The molecule has 5 N–H and O–H groups in total. The van der Waals surface area contributed by atoms with Crippen molar-refractivity contribution < 1.29 is 29.2 Å². The Hall–Kier alpha value is -2.81. The van der Waals surface area contributed by atoms with Crippen LogP contribution in [0.2, 0.25) is 0 Å². The van der Waals surface area contributed by atoms with Crippen LogP contribution in [0.1, 0.15) is 43.6 Å². The highest BCUT2D eigenvalue weighted by atomic mass is 16.5. The van der Waals surface area contributed by atoms with Gasteiger partial charge in [-0.25, -0.2) is 0 Å². The van der Waals surface area contributed by atoms with Crippen molar-refractivity contribution >= 4 is 5.91 Å². The Morgan fingerprint density at radius 1 is 1.06 bits per heavy atom.